The highest BCUT2D eigenvalue weighted by Gasteiger charge is 2.03. The van der Waals surface area contributed by atoms with E-state index in [0.717, 1.165) is 51.0 Å². The van der Waals surface area contributed by atoms with Gasteiger partial charge in [-0.25, -0.2) is 0 Å². The van der Waals surface area contributed by atoms with Gasteiger partial charge in [-0.3, -0.25) is 9.69 Å². The lowest BCUT2D eigenvalue weighted by Crippen LogP contribution is -2.25. The molecule has 0 aromatic heterocycles. The van der Waals surface area contributed by atoms with Crippen molar-refractivity contribution >= 4 is 12.0 Å². The molecule has 1 N–H and O–H groups in total. The van der Waals surface area contributed by atoms with E-state index in [1.165, 1.54) is 5.56 Å². The van der Waals surface area contributed by atoms with Gasteiger partial charge in [0, 0.05) is 19.2 Å². The van der Waals surface area contributed by atoms with E-state index in [2.05, 4.69) is 47.5 Å². The summed E-state index contributed by atoms with van der Waals surface area (Å²) in [5.41, 5.74) is 2.41. The van der Waals surface area contributed by atoms with Gasteiger partial charge in [0.2, 0.25) is 5.91 Å². The number of hydrogen-bond acceptors (Lipinski definition) is 2. The lowest BCUT2D eigenvalue weighted by molar-refractivity contribution is -0.116. The summed E-state index contributed by atoms with van der Waals surface area (Å²) < 4.78 is 0. The van der Waals surface area contributed by atoms with Gasteiger partial charge in [0.25, 0.3) is 0 Å². The average molecular weight is 351 g/mol. The lowest BCUT2D eigenvalue weighted by Gasteiger charge is -2.20. The Hall–Kier alpha value is -2.39. The van der Waals surface area contributed by atoms with Crippen molar-refractivity contribution < 1.29 is 4.79 Å². The van der Waals surface area contributed by atoms with Crippen molar-refractivity contribution in [2.45, 2.75) is 32.7 Å². The fraction of sp³-hybridized carbons (Fsp3) is 0.348. The van der Waals surface area contributed by atoms with Crippen LogP contribution in [-0.2, 0) is 11.3 Å². The molecular formula is C23H30N2O. The molecule has 2 aromatic rings. The summed E-state index contributed by atoms with van der Waals surface area (Å²) in [4.78, 5) is 14.3. The van der Waals surface area contributed by atoms with Gasteiger partial charge in [-0.2, -0.15) is 0 Å². The first-order valence-electron chi connectivity index (χ1n) is 9.55. The normalized spacial score (nSPS) is 11.2. The van der Waals surface area contributed by atoms with Crippen molar-refractivity contribution in [2.24, 2.45) is 0 Å². The number of carbonyl (C=O) groups is 1. The quantitative estimate of drug-likeness (QED) is 0.478. The minimum atomic E-state index is -0.0203. The molecule has 0 aliphatic rings. The number of unbranched alkanes of at least 4 members (excludes halogenated alkanes) is 2. The molecule has 0 fully saturated rings. The highest BCUT2D eigenvalue weighted by molar-refractivity contribution is 5.91. The first kappa shape index (κ1) is 19.9. The molecule has 0 aliphatic heterocycles. The Morgan fingerprint density at radius 2 is 1.65 bits per heavy atom. The van der Waals surface area contributed by atoms with Gasteiger partial charge in [0.05, 0.1) is 0 Å². The molecule has 0 unspecified atom stereocenters. The summed E-state index contributed by atoms with van der Waals surface area (Å²) in [7, 11) is 0. The number of nitrogens with one attached hydrogen (secondary N) is 1. The van der Waals surface area contributed by atoms with Crippen LogP contribution in [0.4, 0.5) is 0 Å². The number of benzene rings is 2. The second-order valence-corrected chi connectivity index (χ2v) is 6.45. The molecule has 138 valence electrons. The van der Waals surface area contributed by atoms with Crippen molar-refractivity contribution in [3.8, 4) is 0 Å². The predicted octanol–water partition coefficient (Wildman–Crippen LogP) is 4.51. The Bertz CT molecular complexity index is 652. The Kier molecular flexibility index (Phi) is 9.23. The van der Waals surface area contributed by atoms with Crippen LogP contribution in [0, 0.1) is 0 Å². The first-order chi connectivity index (χ1) is 12.8. The minimum absolute atomic E-state index is 0.0203. The first-order valence-corrected chi connectivity index (χ1v) is 9.55. The molecule has 0 atom stereocenters. The highest BCUT2D eigenvalue weighted by Crippen LogP contribution is 2.06. The number of carbonyl (C=O) groups excluding carboxylic acids is 1. The van der Waals surface area contributed by atoms with Crippen molar-refractivity contribution in [2.75, 3.05) is 19.6 Å². The topological polar surface area (TPSA) is 32.3 Å². The van der Waals surface area contributed by atoms with Crippen LogP contribution in [0.5, 0.6) is 0 Å². The maximum atomic E-state index is 11.8. The third-order valence-corrected chi connectivity index (χ3v) is 4.37. The smallest absolute Gasteiger partial charge is 0.243 e. The molecule has 1 amide bonds. The Labute approximate surface area is 157 Å². The molecule has 26 heavy (non-hydrogen) atoms. The molecule has 2 aromatic carbocycles. The maximum absolute atomic E-state index is 11.8. The lowest BCUT2D eigenvalue weighted by atomic mass is 10.2. The summed E-state index contributed by atoms with van der Waals surface area (Å²) >= 11 is 0. The number of rotatable bonds is 11. The molecule has 3 heteroatoms. The van der Waals surface area contributed by atoms with E-state index in [1.807, 2.05) is 36.4 Å². The van der Waals surface area contributed by atoms with E-state index >= 15 is 0 Å². The Balaban J connectivity index is 1.55. The van der Waals surface area contributed by atoms with Gasteiger partial charge in [-0.1, -0.05) is 74.0 Å². The number of nitrogens with zero attached hydrogens (tertiary/aromatic N) is 1. The van der Waals surface area contributed by atoms with E-state index in [-0.39, 0.29) is 5.91 Å². The molecular weight excluding hydrogens is 320 g/mol. The molecule has 0 heterocycles. The van der Waals surface area contributed by atoms with Crippen molar-refractivity contribution in [3.63, 3.8) is 0 Å². The van der Waals surface area contributed by atoms with Gasteiger partial charge in [-0.05, 0) is 43.1 Å². The van der Waals surface area contributed by atoms with E-state index in [0.29, 0.717) is 0 Å². The SMILES string of the molecule is CCN(CCCCCNC(=O)/C=C/c1ccccc1)Cc1ccccc1. The molecule has 2 rings (SSSR count). The van der Waals surface area contributed by atoms with E-state index in [4.69, 9.17) is 0 Å². The van der Waals surface area contributed by atoms with Gasteiger partial charge in [0.1, 0.15) is 0 Å². The number of hydrogen-bond donors (Lipinski definition) is 1. The average Bonchev–Trinajstić information content (AvgIpc) is 2.69. The van der Waals surface area contributed by atoms with E-state index < -0.39 is 0 Å². The van der Waals surface area contributed by atoms with Gasteiger partial charge < -0.3 is 5.32 Å². The van der Waals surface area contributed by atoms with Crippen molar-refractivity contribution in [1.82, 2.24) is 10.2 Å². The molecule has 0 saturated heterocycles. The number of amides is 1. The minimum Gasteiger partial charge on any atom is -0.353 e. The van der Waals surface area contributed by atoms with Crippen molar-refractivity contribution in [3.05, 3.63) is 77.9 Å². The fourth-order valence-corrected chi connectivity index (χ4v) is 2.83. The zero-order valence-electron chi connectivity index (χ0n) is 15.7. The summed E-state index contributed by atoms with van der Waals surface area (Å²) in [6, 6.07) is 20.5. The summed E-state index contributed by atoms with van der Waals surface area (Å²) in [5, 5.41) is 2.96. The van der Waals surface area contributed by atoms with Crippen molar-refractivity contribution in [1.29, 1.82) is 0 Å². The van der Waals surface area contributed by atoms with Crippen LogP contribution in [0.2, 0.25) is 0 Å². The van der Waals surface area contributed by atoms with Gasteiger partial charge >= 0.3 is 0 Å². The molecule has 0 radical (unpaired) electrons. The molecule has 0 bridgehead atoms. The predicted molar refractivity (Wildman–Crippen MR) is 110 cm³/mol. The second-order valence-electron chi connectivity index (χ2n) is 6.45. The Morgan fingerprint density at radius 1 is 0.962 bits per heavy atom. The van der Waals surface area contributed by atoms with E-state index in [1.54, 1.807) is 6.08 Å². The molecule has 3 nitrogen and oxygen atoms in total. The molecule has 0 saturated carbocycles. The van der Waals surface area contributed by atoms with Crippen LogP contribution < -0.4 is 5.32 Å². The van der Waals surface area contributed by atoms with Crippen LogP contribution >= 0.6 is 0 Å². The zero-order valence-corrected chi connectivity index (χ0v) is 15.7. The van der Waals surface area contributed by atoms with Gasteiger partial charge in [-0.15, -0.1) is 0 Å². The van der Waals surface area contributed by atoms with Gasteiger partial charge in [0.15, 0.2) is 0 Å². The fourth-order valence-electron chi connectivity index (χ4n) is 2.83. The Morgan fingerprint density at radius 3 is 2.35 bits per heavy atom. The largest absolute Gasteiger partial charge is 0.353 e. The summed E-state index contributed by atoms with van der Waals surface area (Å²) in [6.45, 7) is 6.13. The standard InChI is InChI=1S/C23H30N2O/c1-2-25(20-22-14-8-4-9-15-22)19-11-5-10-18-24-23(26)17-16-21-12-6-3-7-13-21/h3-4,6-9,12-17H,2,5,10-11,18-20H2,1H3,(H,24,26)/b17-16+. The third-order valence-electron chi connectivity index (χ3n) is 4.37. The van der Waals surface area contributed by atoms with Crippen LogP contribution in [0.15, 0.2) is 66.7 Å². The van der Waals surface area contributed by atoms with Crippen LogP contribution in [0.1, 0.15) is 37.3 Å². The maximum Gasteiger partial charge on any atom is 0.243 e. The molecule has 0 aliphatic carbocycles. The second kappa shape index (κ2) is 12.0. The van der Waals surface area contributed by atoms with Crippen LogP contribution in [0.25, 0.3) is 6.08 Å². The zero-order chi connectivity index (χ0) is 18.5. The monoisotopic (exact) mass is 350 g/mol. The van der Waals surface area contributed by atoms with Crippen LogP contribution in [-0.4, -0.2) is 30.4 Å². The van der Waals surface area contributed by atoms with E-state index in [9.17, 15) is 4.79 Å². The summed E-state index contributed by atoms with van der Waals surface area (Å²) in [6.07, 6.45) is 6.77. The summed E-state index contributed by atoms with van der Waals surface area (Å²) in [5.74, 6) is -0.0203. The molecule has 0 spiro atoms. The third kappa shape index (κ3) is 8.13. The highest BCUT2D eigenvalue weighted by atomic mass is 16.1. The van der Waals surface area contributed by atoms with Crippen LogP contribution in [0.3, 0.4) is 0 Å².